The standard InChI is InChI=1S/H2O4S2/c1-5-6(2,3)4/h(H2-,1,2,3,4)/p+1. The number of hydrogen-bond donors (Lipinski definition) is 3. The first-order chi connectivity index (χ1) is 2.56. The molecule has 4 nitrogen and oxygen atoms in total. The summed E-state index contributed by atoms with van der Waals surface area (Å²) in [6.45, 7) is 0. The van der Waals surface area contributed by atoms with Gasteiger partial charge in [-0.1, -0.05) is 0 Å². The van der Waals surface area contributed by atoms with E-state index in [-0.39, 0.29) is 0 Å². The van der Waals surface area contributed by atoms with Crippen LogP contribution >= 0.6 is 0 Å². The van der Waals surface area contributed by atoms with Crippen molar-refractivity contribution in [2.24, 2.45) is 0 Å². The zero-order chi connectivity index (χ0) is 5.21. The van der Waals surface area contributed by atoms with Crippen LogP contribution < -0.4 is 0 Å². The van der Waals surface area contributed by atoms with Gasteiger partial charge in [0.2, 0.25) is 0 Å². The quantitative estimate of drug-likeness (QED) is 0.311. The second-order valence-corrected chi connectivity index (χ2v) is 3.32. The Hall–Kier alpha value is 0.250. The normalized spacial score (nSPS) is 11.2. The maximum absolute atomic E-state index is 9.38. The molecule has 0 aromatic carbocycles. The van der Waals surface area contributed by atoms with Crippen molar-refractivity contribution < 1.29 is 17.9 Å². The van der Waals surface area contributed by atoms with Gasteiger partial charge in [0.05, 0.1) is 0 Å². The average molecular weight is 131 g/mol. The third kappa shape index (κ3) is 4.25. The summed E-state index contributed by atoms with van der Waals surface area (Å²) < 4.78 is 32.2. The topological polar surface area (TPSA) is 77.8 Å². The maximum atomic E-state index is 9.38. The predicted octanol–water partition coefficient (Wildman–Crippen LogP) is -0.313. The summed E-state index contributed by atoms with van der Waals surface area (Å²) >= 11 is 0. The lowest BCUT2D eigenvalue weighted by Gasteiger charge is -1.64. The van der Waals surface area contributed by atoms with Crippen LogP contribution in [0.15, 0.2) is 0 Å². The molecule has 0 radical (unpaired) electrons. The van der Waals surface area contributed by atoms with Crippen LogP contribution in [-0.4, -0.2) is 17.9 Å². The number of hydrogen-bond acceptors (Lipinski definition) is 1. The molecular formula is H3O4S2+. The summed E-state index contributed by atoms with van der Waals surface area (Å²) in [5.74, 6) is 0. The zero-order valence-electron chi connectivity index (χ0n) is 2.57. The van der Waals surface area contributed by atoms with E-state index >= 15 is 0 Å². The molecule has 0 spiro atoms. The van der Waals surface area contributed by atoms with Crippen LogP contribution in [0.2, 0.25) is 0 Å². The van der Waals surface area contributed by atoms with E-state index in [1.807, 2.05) is 0 Å². The fourth-order valence-electron chi connectivity index (χ4n) is 0. The van der Waals surface area contributed by atoms with Crippen molar-refractivity contribution in [3.05, 3.63) is 0 Å². The lowest BCUT2D eigenvalue weighted by Crippen LogP contribution is -1.92. The van der Waals surface area contributed by atoms with Gasteiger partial charge in [-0.25, -0.2) is 9.11 Å². The highest BCUT2D eigenvalue weighted by Gasteiger charge is 2.04. The van der Waals surface area contributed by atoms with E-state index in [1.54, 1.807) is 0 Å². The molecule has 0 aliphatic rings. The molecule has 6 heteroatoms. The van der Waals surface area contributed by atoms with Crippen molar-refractivity contribution in [1.82, 2.24) is 0 Å². The first kappa shape index (κ1) is 6.25. The molecule has 0 heterocycles. The Bertz CT molecular complexity index is 118. The third-order valence-electron chi connectivity index (χ3n) is 0.0971. The van der Waals surface area contributed by atoms with Crippen molar-refractivity contribution in [2.45, 2.75) is 0 Å². The van der Waals surface area contributed by atoms with E-state index in [1.165, 1.54) is 0 Å². The monoisotopic (exact) mass is 131 g/mol. The van der Waals surface area contributed by atoms with E-state index in [2.05, 4.69) is 0 Å². The Balaban J connectivity index is 4.24. The minimum absolute atomic E-state index is 0.479. The van der Waals surface area contributed by atoms with Crippen molar-refractivity contribution in [2.75, 3.05) is 0 Å². The Morgan fingerprint density at radius 2 is 1.67 bits per heavy atom. The minimum atomic E-state index is -3.94. The van der Waals surface area contributed by atoms with Crippen LogP contribution in [-0.2, 0) is 19.7 Å². The highest BCUT2D eigenvalue weighted by molar-refractivity contribution is 8.31. The summed E-state index contributed by atoms with van der Waals surface area (Å²) in [5, 5.41) is 0. The molecule has 0 aromatic rings. The lowest BCUT2D eigenvalue weighted by atomic mass is 15.8. The molecule has 0 fully saturated rings. The highest BCUT2D eigenvalue weighted by Crippen LogP contribution is 1.69. The van der Waals surface area contributed by atoms with Gasteiger partial charge in [-0.3, -0.25) is 0 Å². The van der Waals surface area contributed by atoms with Gasteiger partial charge in [-0.15, -0.1) is 4.55 Å². The van der Waals surface area contributed by atoms with E-state index in [9.17, 15) is 4.21 Å². The molecule has 38 valence electrons. The Kier molecular flexibility index (Phi) is 1.88. The third-order valence-corrected chi connectivity index (χ3v) is 0.874. The molecule has 0 aliphatic carbocycles. The Morgan fingerprint density at radius 1 is 1.50 bits per heavy atom. The van der Waals surface area contributed by atoms with Crippen molar-refractivity contribution in [1.29, 1.82) is 0 Å². The molecule has 0 aliphatic heterocycles. The predicted molar refractivity (Wildman–Crippen MR) is 23.4 cm³/mol. The Morgan fingerprint density at radius 3 is 1.67 bits per heavy atom. The zero-order valence-corrected chi connectivity index (χ0v) is 4.20. The van der Waals surface area contributed by atoms with Crippen LogP contribution in [0.5, 0.6) is 0 Å². The van der Waals surface area contributed by atoms with E-state index in [0.717, 1.165) is 0 Å². The van der Waals surface area contributed by atoms with Crippen molar-refractivity contribution in [3.63, 3.8) is 0 Å². The molecule has 6 heavy (non-hydrogen) atoms. The smallest absolute Gasteiger partial charge is 0.248 e. The molecule has 0 bridgehead atoms. The van der Waals surface area contributed by atoms with Crippen molar-refractivity contribution in [3.8, 4) is 0 Å². The molecule has 0 amide bonds. The van der Waals surface area contributed by atoms with Gasteiger partial charge in [-0.2, -0.15) is 4.21 Å². The van der Waals surface area contributed by atoms with Crippen LogP contribution in [0.3, 0.4) is 0 Å². The van der Waals surface area contributed by atoms with Crippen LogP contribution in [0.4, 0.5) is 0 Å². The first-order valence-electron chi connectivity index (χ1n) is 0.881. The summed E-state index contributed by atoms with van der Waals surface area (Å²) in [7, 11) is -4.42. The molecule has 0 saturated heterocycles. The van der Waals surface area contributed by atoms with Gasteiger partial charge < -0.3 is 0 Å². The largest absolute Gasteiger partial charge is 0.511 e. The average Bonchev–Trinajstić information content (AvgIpc) is 1.35. The molecule has 0 rings (SSSR count). The first-order valence-corrected chi connectivity index (χ1v) is 3.64. The van der Waals surface area contributed by atoms with Crippen LogP contribution in [0.25, 0.3) is 0 Å². The summed E-state index contributed by atoms with van der Waals surface area (Å²) in [6, 6.07) is 0. The minimum Gasteiger partial charge on any atom is -0.248 e. The SMILES string of the molecule is O=S(O)(O)=[S+]O. The molecule has 0 atom stereocenters. The fourth-order valence-corrected chi connectivity index (χ4v) is 0. The van der Waals surface area contributed by atoms with E-state index in [4.69, 9.17) is 13.7 Å². The summed E-state index contributed by atoms with van der Waals surface area (Å²) in [5.41, 5.74) is 0. The molecule has 0 unspecified atom stereocenters. The van der Waals surface area contributed by atoms with Gasteiger partial charge in [0.1, 0.15) is 0 Å². The van der Waals surface area contributed by atoms with Crippen LogP contribution in [0, 0.1) is 0 Å². The second-order valence-electron chi connectivity index (χ2n) is 0.522. The Labute approximate surface area is 38.3 Å². The van der Waals surface area contributed by atoms with Gasteiger partial charge in [0, 0.05) is 0 Å². The molecular weight excluding hydrogens is 128 g/mol. The maximum Gasteiger partial charge on any atom is 0.511 e. The summed E-state index contributed by atoms with van der Waals surface area (Å²) in [6.07, 6.45) is 0. The molecule has 0 aromatic heterocycles. The van der Waals surface area contributed by atoms with Gasteiger partial charge in [-0.05, 0) is 0 Å². The lowest BCUT2D eigenvalue weighted by molar-refractivity contribution is 0.448. The van der Waals surface area contributed by atoms with Crippen molar-refractivity contribution >= 4 is 19.7 Å². The van der Waals surface area contributed by atoms with Gasteiger partial charge >= 0.3 is 19.7 Å². The second kappa shape index (κ2) is 1.80. The van der Waals surface area contributed by atoms with E-state index < -0.39 is 19.7 Å². The summed E-state index contributed by atoms with van der Waals surface area (Å²) in [4.78, 5) is 0. The van der Waals surface area contributed by atoms with Crippen LogP contribution in [0.1, 0.15) is 0 Å². The molecule has 3 N–H and O–H groups in total. The number of rotatable bonds is 0. The molecule has 0 saturated carbocycles. The van der Waals surface area contributed by atoms with E-state index in [0.29, 0.717) is 0 Å². The fraction of sp³-hybridized carbons (Fsp3) is 0. The highest BCUT2D eigenvalue weighted by atomic mass is 32.9. The van der Waals surface area contributed by atoms with Gasteiger partial charge in [0.15, 0.2) is 0 Å². The van der Waals surface area contributed by atoms with Gasteiger partial charge in [0.25, 0.3) is 0 Å².